The van der Waals surface area contributed by atoms with E-state index in [4.69, 9.17) is 0 Å². The Morgan fingerprint density at radius 2 is 0.654 bits per heavy atom. The van der Waals surface area contributed by atoms with Crippen LogP contribution < -0.4 is 9.80 Å². The molecule has 0 saturated heterocycles. The third-order valence-corrected chi connectivity index (χ3v) is 16.0. The molecule has 0 fully saturated rings. The molecule has 0 amide bonds. The van der Waals surface area contributed by atoms with Gasteiger partial charge in [-0.05, 0) is 167 Å². The zero-order chi connectivity index (χ0) is 51.8. The number of anilines is 6. The van der Waals surface area contributed by atoms with Gasteiger partial charge in [0.05, 0.1) is 27.8 Å². The molecule has 0 aliphatic carbocycles. The van der Waals surface area contributed by atoms with Gasteiger partial charge in [0.15, 0.2) is 0 Å². The monoisotopic (exact) mass is 996 g/mol. The average molecular weight is 997 g/mol. The first-order valence-electron chi connectivity index (χ1n) is 26.9. The molecule has 78 heavy (non-hydrogen) atoms. The summed E-state index contributed by atoms with van der Waals surface area (Å²) < 4.78 is 4.79. The number of rotatable bonds is 9. The molecular formula is C74H52N4. The number of fused-ring (bicyclic) bond motifs is 9. The lowest BCUT2D eigenvalue weighted by molar-refractivity contribution is 1.17. The van der Waals surface area contributed by atoms with Crippen LogP contribution in [0, 0.1) is 13.8 Å². The first-order valence-corrected chi connectivity index (χ1v) is 26.9. The van der Waals surface area contributed by atoms with Crippen molar-refractivity contribution in [2.24, 2.45) is 0 Å². The minimum Gasteiger partial charge on any atom is -0.310 e. The van der Waals surface area contributed by atoms with Crippen LogP contribution in [0.1, 0.15) is 11.1 Å². The Morgan fingerprint density at radius 1 is 0.256 bits per heavy atom. The van der Waals surface area contributed by atoms with Crippen molar-refractivity contribution in [2.45, 2.75) is 13.8 Å². The number of nitrogens with zero attached hydrogens (tertiary/aromatic N) is 4. The third kappa shape index (κ3) is 7.52. The van der Waals surface area contributed by atoms with E-state index in [1.807, 2.05) is 0 Å². The summed E-state index contributed by atoms with van der Waals surface area (Å²) in [6, 6.07) is 103. The largest absolute Gasteiger partial charge is 0.310 e. The average Bonchev–Trinajstić information content (AvgIpc) is 4.22. The molecule has 4 heteroatoms. The van der Waals surface area contributed by atoms with E-state index in [9.17, 15) is 0 Å². The molecule has 0 radical (unpaired) electrons. The van der Waals surface area contributed by atoms with Crippen LogP contribution in [0.2, 0.25) is 0 Å². The fraction of sp³-hybridized carbons (Fsp3) is 0.0270. The second kappa shape index (κ2) is 18.3. The highest BCUT2D eigenvalue weighted by Gasteiger charge is 2.22. The number of aromatic nitrogens is 2. The summed E-state index contributed by atoms with van der Waals surface area (Å²) in [5, 5.41) is 12.1. The van der Waals surface area contributed by atoms with E-state index in [1.54, 1.807) is 0 Å². The molecule has 0 spiro atoms. The third-order valence-electron chi connectivity index (χ3n) is 16.0. The molecule has 0 aliphatic rings. The van der Waals surface area contributed by atoms with Crippen molar-refractivity contribution < 1.29 is 0 Å². The first-order chi connectivity index (χ1) is 38.5. The van der Waals surface area contributed by atoms with E-state index in [1.165, 1.54) is 92.6 Å². The van der Waals surface area contributed by atoms with Crippen molar-refractivity contribution in [3.8, 4) is 22.5 Å². The fourth-order valence-electron chi connectivity index (χ4n) is 12.2. The maximum absolute atomic E-state index is 2.45. The molecule has 15 aromatic rings. The lowest BCUT2D eigenvalue weighted by Crippen LogP contribution is -2.11. The Hall–Kier alpha value is -10.2. The van der Waals surface area contributed by atoms with Gasteiger partial charge in [-0.3, -0.25) is 0 Å². The summed E-state index contributed by atoms with van der Waals surface area (Å²) in [6.45, 7) is 4.29. The molecule has 13 aromatic carbocycles. The highest BCUT2D eigenvalue weighted by molar-refractivity contribution is 6.13. The van der Waals surface area contributed by atoms with Gasteiger partial charge in [-0.25, -0.2) is 0 Å². The fourth-order valence-corrected chi connectivity index (χ4v) is 12.2. The summed E-state index contributed by atoms with van der Waals surface area (Å²) in [4.78, 5) is 4.86. The first kappa shape index (κ1) is 45.3. The van der Waals surface area contributed by atoms with Crippen LogP contribution in [0.25, 0.3) is 98.4 Å². The van der Waals surface area contributed by atoms with E-state index in [2.05, 4.69) is 312 Å². The Morgan fingerprint density at radius 3 is 1.19 bits per heavy atom. The topological polar surface area (TPSA) is 16.3 Å². The van der Waals surface area contributed by atoms with Gasteiger partial charge in [-0.1, -0.05) is 175 Å². The van der Waals surface area contributed by atoms with Gasteiger partial charge in [-0.2, -0.15) is 0 Å². The van der Waals surface area contributed by atoms with Crippen LogP contribution in [0.4, 0.5) is 34.1 Å². The van der Waals surface area contributed by atoms with Gasteiger partial charge in [0, 0.05) is 66.7 Å². The van der Waals surface area contributed by atoms with Gasteiger partial charge in [-0.15, -0.1) is 0 Å². The molecule has 15 rings (SSSR count). The zero-order valence-corrected chi connectivity index (χ0v) is 43.3. The minimum atomic E-state index is 1.08. The Labute approximate surface area is 453 Å². The number of para-hydroxylation sites is 2. The van der Waals surface area contributed by atoms with Gasteiger partial charge in [0.25, 0.3) is 0 Å². The Kier molecular flexibility index (Phi) is 10.6. The van der Waals surface area contributed by atoms with E-state index in [0.29, 0.717) is 0 Å². The van der Waals surface area contributed by atoms with Gasteiger partial charge in [0.2, 0.25) is 0 Å². The number of benzene rings is 13. The van der Waals surface area contributed by atoms with Crippen LogP contribution >= 0.6 is 0 Å². The molecule has 0 N–H and O–H groups in total. The van der Waals surface area contributed by atoms with Crippen molar-refractivity contribution in [1.82, 2.24) is 9.13 Å². The SMILES string of the molecule is Cc1ccc(-n2c3ccccc3c3cc(N(c4ccc(-c5ccc(N(c6ccc7ccccc7c6)c6ccc7c(c6)c6ccccc6n7-c6ccc(C)cc6)c6ccccc56)cc4)c4ccc5ccccc5c4)ccc32)cc1. The van der Waals surface area contributed by atoms with Gasteiger partial charge >= 0.3 is 0 Å². The lowest BCUT2D eigenvalue weighted by atomic mass is 9.95. The molecular weight excluding hydrogens is 945 g/mol. The molecule has 0 bridgehead atoms. The summed E-state index contributed by atoms with van der Waals surface area (Å²) in [5.74, 6) is 0. The van der Waals surface area contributed by atoms with Crippen molar-refractivity contribution in [2.75, 3.05) is 9.80 Å². The van der Waals surface area contributed by atoms with Crippen molar-refractivity contribution in [1.29, 1.82) is 0 Å². The van der Waals surface area contributed by atoms with E-state index < -0.39 is 0 Å². The molecule has 0 unspecified atom stereocenters. The Bertz CT molecular complexity index is 4810. The predicted octanol–water partition coefficient (Wildman–Crippen LogP) is 20.6. The summed E-state index contributed by atoms with van der Waals surface area (Å²) in [6.07, 6.45) is 0. The van der Waals surface area contributed by atoms with E-state index >= 15 is 0 Å². The maximum Gasteiger partial charge on any atom is 0.0542 e. The minimum absolute atomic E-state index is 1.08. The summed E-state index contributed by atoms with van der Waals surface area (Å²) in [5.41, 5.74) is 18.5. The quantitative estimate of drug-likeness (QED) is 0.143. The summed E-state index contributed by atoms with van der Waals surface area (Å²) in [7, 11) is 0. The van der Waals surface area contributed by atoms with Gasteiger partial charge in [0.1, 0.15) is 0 Å². The van der Waals surface area contributed by atoms with Crippen LogP contribution in [0.5, 0.6) is 0 Å². The molecule has 2 heterocycles. The highest BCUT2D eigenvalue weighted by Crippen LogP contribution is 2.46. The lowest BCUT2D eigenvalue weighted by Gasteiger charge is -2.28. The molecule has 2 aromatic heterocycles. The van der Waals surface area contributed by atoms with Crippen LogP contribution in [-0.2, 0) is 0 Å². The zero-order valence-electron chi connectivity index (χ0n) is 43.3. The van der Waals surface area contributed by atoms with Crippen LogP contribution in [0.15, 0.2) is 279 Å². The molecule has 368 valence electrons. The normalized spacial score (nSPS) is 11.7. The molecule has 0 atom stereocenters. The highest BCUT2D eigenvalue weighted by atomic mass is 15.2. The Balaban J connectivity index is 0.866. The van der Waals surface area contributed by atoms with Crippen LogP contribution in [0.3, 0.4) is 0 Å². The predicted molar refractivity (Wildman–Crippen MR) is 332 cm³/mol. The second-order valence-electron chi connectivity index (χ2n) is 20.7. The van der Waals surface area contributed by atoms with Crippen molar-refractivity contribution >= 4 is 110 Å². The van der Waals surface area contributed by atoms with Crippen LogP contribution in [-0.4, -0.2) is 9.13 Å². The smallest absolute Gasteiger partial charge is 0.0542 e. The van der Waals surface area contributed by atoms with E-state index in [-0.39, 0.29) is 0 Å². The molecule has 0 aliphatic heterocycles. The molecule has 4 nitrogen and oxygen atoms in total. The number of hydrogen-bond donors (Lipinski definition) is 0. The maximum atomic E-state index is 2.45. The summed E-state index contributed by atoms with van der Waals surface area (Å²) >= 11 is 0. The molecule has 0 saturated carbocycles. The van der Waals surface area contributed by atoms with Crippen molar-refractivity contribution in [3.63, 3.8) is 0 Å². The number of hydrogen-bond acceptors (Lipinski definition) is 2. The van der Waals surface area contributed by atoms with E-state index in [0.717, 1.165) is 51.1 Å². The second-order valence-corrected chi connectivity index (χ2v) is 20.7. The standard InChI is InChI=1S/C74H52N4/c1-49-23-31-57(32-24-49)77-70-21-11-9-19-66(70)68-47-61(39-42-73(68)77)75(59-37-27-51-13-3-5-15-54(51)45-59)56-35-29-53(30-36-56)63-41-44-72(65-18-8-7-17-64(63)65)76(60-38-28-52-14-4-6-16-55(52)46-60)62-40-43-74-69(48-62)67-20-10-12-22-71(67)78(74)58-33-25-50(2)26-34-58/h3-48H,1-2H3. The van der Waals surface area contributed by atoms with Gasteiger partial charge < -0.3 is 18.9 Å². The number of aryl methyl sites for hydroxylation is 2. The van der Waals surface area contributed by atoms with Crippen molar-refractivity contribution in [3.05, 3.63) is 290 Å².